The number of benzene rings is 2. The number of rotatable bonds is 6. The third kappa shape index (κ3) is 3.64. The Morgan fingerprint density at radius 3 is 2.76 bits per heavy atom. The number of esters is 1. The van der Waals surface area contributed by atoms with Gasteiger partial charge in [0.05, 0.1) is 12.2 Å². The van der Waals surface area contributed by atoms with E-state index >= 15 is 0 Å². The van der Waals surface area contributed by atoms with Crippen LogP contribution in [0.4, 0.5) is 5.69 Å². The summed E-state index contributed by atoms with van der Waals surface area (Å²) in [4.78, 5) is 23.7. The third-order valence-electron chi connectivity index (χ3n) is 3.75. The van der Waals surface area contributed by atoms with Crippen molar-refractivity contribution in [3.05, 3.63) is 65.0 Å². The lowest BCUT2D eigenvalue weighted by Crippen LogP contribution is -2.20. The van der Waals surface area contributed by atoms with Crippen LogP contribution in [0.15, 0.2) is 53.9 Å². The maximum atomic E-state index is 11.9. The van der Waals surface area contributed by atoms with Gasteiger partial charge in [-0.2, -0.15) is 0 Å². The zero-order valence-corrected chi connectivity index (χ0v) is 14.4. The van der Waals surface area contributed by atoms with Gasteiger partial charge in [0, 0.05) is 16.0 Å². The van der Waals surface area contributed by atoms with Gasteiger partial charge >= 0.3 is 11.9 Å². The monoisotopic (exact) mass is 355 g/mol. The summed E-state index contributed by atoms with van der Waals surface area (Å²) in [5.41, 5.74) is 1.63. The van der Waals surface area contributed by atoms with Crippen LogP contribution in [0.5, 0.6) is 0 Å². The van der Waals surface area contributed by atoms with Crippen LogP contribution in [0.25, 0.3) is 10.1 Å². The van der Waals surface area contributed by atoms with Gasteiger partial charge in [-0.1, -0.05) is 24.3 Å². The Kier molecular flexibility index (Phi) is 5.00. The van der Waals surface area contributed by atoms with Crippen LogP contribution in [0.3, 0.4) is 0 Å². The van der Waals surface area contributed by atoms with Crippen molar-refractivity contribution in [3.63, 3.8) is 0 Å². The molecule has 1 atom stereocenters. The zero-order chi connectivity index (χ0) is 17.8. The number of fused-ring (bicyclic) bond motifs is 1. The Morgan fingerprint density at radius 1 is 1.20 bits per heavy atom. The number of hydrogen-bond donors (Lipinski definition) is 2. The minimum Gasteiger partial charge on any atom is -0.479 e. The van der Waals surface area contributed by atoms with E-state index in [0.29, 0.717) is 16.8 Å². The summed E-state index contributed by atoms with van der Waals surface area (Å²) in [5, 5.41) is 15.5. The third-order valence-corrected chi connectivity index (χ3v) is 4.74. The first-order valence-corrected chi connectivity index (χ1v) is 8.70. The van der Waals surface area contributed by atoms with E-state index in [4.69, 9.17) is 4.74 Å². The Balaban J connectivity index is 1.92. The van der Waals surface area contributed by atoms with Crippen molar-refractivity contribution in [3.8, 4) is 0 Å². The van der Waals surface area contributed by atoms with Gasteiger partial charge < -0.3 is 15.2 Å². The van der Waals surface area contributed by atoms with Gasteiger partial charge in [-0.05, 0) is 42.0 Å². The predicted octanol–water partition coefficient (Wildman–Crippen LogP) is 4.32. The van der Waals surface area contributed by atoms with E-state index in [1.165, 1.54) is 11.3 Å². The molecule has 2 aromatic carbocycles. The molecule has 25 heavy (non-hydrogen) atoms. The topological polar surface area (TPSA) is 75.6 Å². The van der Waals surface area contributed by atoms with Crippen molar-refractivity contribution in [1.82, 2.24) is 0 Å². The molecule has 128 valence electrons. The first-order chi connectivity index (χ1) is 12.1. The van der Waals surface area contributed by atoms with Crippen molar-refractivity contribution in [2.75, 3.05) is 11.9 Å². The number of carboxylic acids is 1. The second-order valence-corrected chi connectivity index (χ2v) is 6.32. The smallest absolute Gasteiger partial charge is 0.338 e. The SMILES string of the molecule is CCOC(=O)c1cccc(NC(C(=O)O)c2csc3ccccc23)c1. The summed E-state index contributed by atoms with van der Waals surface area (Å²) in [6, 6.07) is 13.4. The lowest BCUT2D eigenvalue weighted by atomic mass is 10.1. The molecule has 0 radical (unpaired) electrons. The maximum absolute atomic E-state index is 11.9. The molecule has 0 bridgehead atoms. The molecule has 0 saturated heterocycles. The van der Waals surface area contributed by atoms with Gasteiger partial charge in [0.25, 0.3) is 0 Å². The van der Waals surface area contributed by atoms with Crippen LogP contribution in [0.1, 0.15) is 28.9 Å². The molecule has 1 heterocycles. The molecular weight excluding hydrogens is 338 g/mol. The Labute approximate surface area is 148 Å². The highest BCUT2D eigenvalue weighted by atomic mass is 32.1. The molecule has 6 heteroatoms. The van der Waals surface area contributed by atoms with E-state index in [9.17, 15) is 14.7 Å². The molecule has 0 aliphatic rings. The van der Waals surface area contributed by atoms with Crippen molar-refractivity contribution >= 4 is 39.0 Å². The molecular formula is C19H17NO4S. The lowest BCUT2D eigenvalue weighted by molar-refractivity contribution is -0.138. The first kappa shape index (κ1) is 17.0. The number of aliphatic carboxylic acids is 1. The van der Waals surface area contributed by atoms with Gasteiger partial charge in [0.15, 0.2) is 6.04 Å². The van der Waals surface area contributed by atoms with Gasteiger partial charge in [0.2, 0.25) is 0 Å². The standard InChI is InChI=1S/C19H17NO4S/c1-2-24-19(23)12-6-5-7-13(10-12)20-17(18(21)22)15-11-25-16-9-4-3-8-14(15)16/h3-11,17,20H,2H2,1H3,(H,21,22). The predicted molar refractivity (Wildman–Crippen MR) is 98.2 cm³/mol. The van der Waals surface area contributed by atoms with Gasteiger partial charge in [-0.3, -0.25) is 0 Å². The number of anilines is 1. The molecule has 0 saturated carbocycles. The van der Waals surface area contributed by atoms with Crippen LogP contribution >= 0.6 is 11.3 Å². The molecule has 3 aromatic rings. The summed E-state index contributed by atoms with van der Waals surface area (Å²) in [5.74, 6) is -1.41. The fraction of sp³-hybridized carbons (Fsp3) is 0.158. The summed E-state index contributed by atoms with van der Waals surface area (Å²) in [6.45, 7) is 2.03. The number of nitrogens with one attached hydrogen (secondary N) is 1. The number of hydrogen-bond acceptors (Lipinski definition) is 5. The molecule has 0 fully saturated rings. The Hall–Kier alpha value is -2.86. The maximum Gasteiger partial charge on any atom is 0.338 e. The molecule has 1 aromatic heterocycles. The first-order valence-electron chi connectivity index (χ1n) is 7.83. The largest absolute Gasteiger partial charge is 0.479 e. The normalized spacial score (nSPS) is 11.9. The molecule has 0 spiro atoms. The molecule has 0 amide bonds. The number of carbonyl (C=O) groups excluding carboxylic acids is 1. The van der Waals surface area contributed by atoms with Crippen molar-refractivity contribution in [1.29, 1.82) is 0 Å². The summed E-state index contributed by atoms with van der Waals surface area (Å²) < 4.78 is 6.02. The second kappa shape index (κ2) is 7.36. The fourth-order valence-electron chi connectivity index (χ4n) is 2.61. The molecule has 1 unspecified atom stereocenters. The molecule has 0 aliphatic heterocycles. The van der Waals surface area contributed by atoms with E-state index in [-0.39, 0.29) is 6.61 Å². The number of carbonyl (C=O) groups is 2. The van der Waals surface area contributed by atoms with E-state index in [0.717, 1.165) is 10.1 Å². The minimum absolute atomic E-state index is 0.287. The molecule has 5 nitrogen and oxygen atoms in total. The average molecular weight is 355 g/mol. The van der Waals surface area contributed by atoms with E-state index in [1.54, 1.807) is 31.2 Å². The highest BCUT2D eigenvalue weighted by Gasteiger charge is 2.23. The summed E-state index contributed by atoms with van der Waals surface area (Å²) in [6.07, 6.45) is 0. The Morgan fingerprint density at radius 2 is 2.00 bits per heavy atom. The van der Waals surface area contributed by atoms with Crippen LogP contribution < -0.4 is 5.32 Å². The van der Waals surface area contributed by atoms with Crippen molar-refractivity contribution in [2.24, 2.45) is 0 Å². The number of thiophene rings is 1. The van der Waals surface area contributed by atoms with Crippen LogP contribution in [0, 0.1) is 0 Å². The van der Waals surface area contributed by atoms with Crippen LogP contribution in [0.2, 0.25) is 0 Å². The highest BCUT2D eigenvalue weighted by Crippen LogP contribution is 2.32. The van der Waals surface area contributed by atoms with Gasteiger partial charge in [-0.25, -0.2) is 9.59 Å². The minimum atomic E-state index is -0.981. The van der Waals surface area contributed by atoms with Crippen molar-refractivity contribution < 1.29 is 19.4 Å². The second-order valence-electron chi connectivity index (χ2n) is 5.40. The van der Waals surface area contributed by atoms with Gasteiger partial charge in [-0.15, -0.1) is 11.3 Å². The average Bonchev–Trinajstić information content (AvgIpc) is 3.04. The summed E-state index contributed by atoms with van der Waals surface area (Å²) in [7, 11) is 0. The van der Waals surface area contributed by atoms with E-state index in [2.05, 4.69) is 5.32 Å². The van der Waals surface area contributed by atoms with E-state index in [1.807, 2.05) is 29.6 Å². The van der Waals surface area contributed by atoms with Gasteiger partial charge in [0.1, 0.15) is 0 Å². The van der Waals surface area contributed by atoms with Crippen molar-refractivity contribution in [2.45, 2.75) is 13.0 Å². The quantitative estimate of drug-likeness (QED) is 0.644. The number of carboxylic acid groups (broad SMARTS) is 1. The number of ether oxygens (including phenoxy) is 1. The fourth-order valence-corrected chi connectivity index (χ4v) is 3.60. The highest BCUT2D eigenvalue weighted by molar-refractivity contribution is 7.17. The summed E-state index contributed by atoms with van der Waals surface area (Å²) >= 11 is 1.51. The molecule has 2 N–H and O–H groups in total. The molecule has 0 aliphatic carbocycles. The lowest BCUT2D eigenvalue weighted by Gasteiger charge is -2.16. The van der Waals surface area contributed by atoms with Crippen LogP contribution in [-0.2, 0) is 9.53 Å². The van der Waals surface area contributed by atoms with E-state index < -0.39 is 18.0 Å². The zero-order valence-electron chi connectivity index (χ0n) is 13.6. The molecule has 3 rings (SSSR count). The van der Waals surface area contributed by atoms with Crippen LogP contribution in [-0.4, -0.2) is 23.7 Å². The Bertz CT molecular complexity index is 918.